The van der Waals surface area contributed by atoms with Crippen molar-refractivity contribution in [2.45, 2.75) is 4.90 Å². The van der Waals surface area contributed by atoms with E-state index in [-0.39, 0.29) is 21.8 Å². The first-order chi connectivity index (χ1) is 13.7. The summed E-state index contributed by atoms with van der Waals surface area (Å²) in [7, 11) is -3.38. The van der Waals surface area contributed by atoms with Crippen LogP contribution in [0.25, 0.3) is 22.2 Å². The Bertz CT molecular complexity index is 1380. The summed E-state index contributed by atoms with van der Waals surface area (Å²) < 4.78 is 37.7. The van der Waals surface area contributed by atoms with Crippen LogP contribution in [0.2, 0.25) is 0 Å². The largest absolute Gasteiger partial charge is 0.508 e. The van der Waals surface area contributed by atoms with E-state index in [1.54, 1.807) is 24.4 Å². The van der Waals surface area contributed by atoms with Gasteiger partial charge in [-0.3, -0.25) is 4.79 Å². The van der Waals surface area contributed by atoms with Crippen LogP contribution >= 0.6 is 0 Å². The highest BCUT2D eigenvalue weighted by molar-refractivity contribution is 7.90. The van der Waals surface area contributed by atoms with Crippen molar-refractivity contribution in [3.8, 4) is 16.9 Å². The molecular formula is C21H15FN2O4S. The lowest BCUT2D eigenvalue weighted by atomic mass is 10.0. The molecule has 8 heteroatoms. The van der Waals surface area contributed by atoms with E-state index in [0.717, 1.165) is 24.5 Å². The van der Waals surface area contributed by atoms with Gasteiger partial charge >= 0.3 is 0 Å². The third kappa shape index (κ3) is 3.50. The highest BCUT2D eigenvalue weighted by Gasteiger charge is 2.19. The smallest absolute Gasteiger partial charge is 0.198 e. The third-order valence-corrected chi connectivity index (χ3v) is 5.68. The molecule has 0 amide bonds. The lowest BCUT2D eigenvalue weighted by molar-refractivity contribution is 0.103. The fraction of sp³-hybridized carbons (Fsp3) is 0.0476. The Kier molecular flexibility index (Phi) is 4.43. The first-order valence-electron chi connectivity index (χ1n) is 8.55. The third-order valence-electron chi connectivity index (χ3n) is 4.57. The molecule has 0 bridgehead atoms. The molecule has 0 saturated heterocycles. The highest BCUT2D eigenvalue weighted by atomic mass is 32.2. The second-order valence-corrected chi connectivity index (χ2v) is 8.63. The molecule has 0 aliphatic heterocycles. The zero-order valence-corrected chi connectivity index (χ0v) is 16.0. The summed E-state index contributed by atoms with van der Waals surface area (Å²) in [4.78, 5) is 20.2. The molecule has 0 aliphatic rings. The normalized spacial score (nSPS) is 11.7. The Labute approximate surface area is 165 Å². The number of halogens is 1. The maximum atomic E-state index is 14.1. The van der Waals surface area contributed by atoms with E-state index in [0.29, 0.717) is 22.2 Å². The number of sulfone groups is 1. The van der Waals surface area contributed by atoms with Gasteiger partial charge in [-0.1, -0.05) is 12.1 Å². The molecule has 0 unspecified atom stereocenters. The monoisotopic (exact) mass is 410 g/mol. The van der Waals surface area contributed by atoms with Gasteiger partial charge in [0.15, 0.2) is 15.6 Å². The van der Waals surface area contributed by atoms with E-state index in [1.807, 2.05) is 0 Å². The van der Waals surface area contributed by atoms with Crippen LogP contribution in [0.4, 0.5) is 4.39 Å². The van der Waals surface area contributed by atoms with Crippen LogP contribution in [0.3, 0.4) is 0 Å². The average Bonchev–Trinajstić information content (AvgIpc) is 3.12. The molecule has 2 heterocycles. The number of pyridine rings is 1. The van der Waals surface area contributed by atoms with Crippen LogP contribution in [0.15, 0.2) is 65.8 Å². The molecule has 0 fully saturated rings. The highest BCUT2D eigenvalue weighted by Crippen LogP contribution is 2.28. The second-order valence-electron chi connectivity index (χ2n) is 6.62. The molecule has 0 radical (unpaired) electrons. The summed E-state index contributed by atoms with van der Waals surface area (Å²) in [6, 6.07) is 11.3. The number of hydrogen-bond donors (Lipinski definition) is 2. The first-order valence-corrected chi connectivity index (χ1v) is 10.4. The maximum absolute atomic E-state index is 14.1. The van der Waals surface area contributed by atoms with Crippen LogP contribution < -0.4 is 0 Å². The number of rotatable bonds is 4. The molecule has 29 heavy (non-hydrogen) atoms. The lowest BCUT2D eigenvalue weighted by Gasteiger charge is -2.06. The number of benzene rings is 2. The van der Waals surface area contributed by atoms with Crippen molar-refractivity contribution in [3.63, 3.8) is 0 Å². The lowest BCUT2D eigenvalue weighted by Crippen LogP contribution is -2.03. The number of carbonyl (C=O) groups excluding carboxylic acids is 1. The van der Waals surface area contributed by atoms with Crippen molar-refractivity contribution < 1.29 is 22.7 Å². The number of nitrogens with one attached hydrogen (secondary N) is 1. The number of phenolic OH excluding ortho intramolecular Hbond substituents is 1. The summed E-state index contributed by atoms with van der Waals surface area (Å²) in [5.74, 6) is -1.56. The van der Waals surface area contributed by atoms with E-state index in [2.05, 4.69) is 9.97 Å². The molecule has 2 aromatic carbocycles. The van der Waals surface area contributed by atoms with Gasteiger partial charge in [-0.05, 0) is 42.0 Å². The minimum Gasteiger partial charge on any atom is -0.508 e. The van der Waals surface area contributed by atoms with E-state index >= 15 is 0 Å². The van der Waals surface area contributed by atoms with E-state index < -0.39 is 21.4 Å². The van der Waals surface area contributed by atoms with Crippen molar-refractivity contribution >= 4 is 26.7 Å². The molecule has 146 valence electrons. The standard InChI is InChI=1S/C21H15FN2O4S/c1-29(27,28)15-4-2-3-12(7-15)13-8-16-18(11-24-21(16)23-10-13)20(26)17-9-14(25)5-6-19(17)22/h2-11,25H,1H3,(H,23,24). The molecule has 4 aromatic rings. The van der Waals surface area contributed by atoms with Crippen molar-refractivity contribution in [3.05, 3.63) is 77.9 Å². The predicted octanol–water partition coefficient (Wildman–Crippen LogP) is 3.71. The Morgan fingerprint density at radius 1 is 1.07 bits per heavy atom. The van der Waals surface area contributed by atoms with Gasteiger partial charge in [-0.15, -0.1) is 0 Å². The number of carbonyl (C=O) groups is 1. The van der Waals surface area contributed by atoms with Gasteiger partial charge in [0.1, 0.15) is 17.2 Å². The average molecular weight is 410 g/mol. The van der Waals surface area contributed by atoms with Crippen molar-refractivity contribution in [2.75, 3.05) is 6.26 Å². The summed E-state index contributed by atoms with van der Waals surface area (Å²) >= 11 is 0. The SMILES string of the molecule is CS(=O)(=O)c1cccc(-c2cnc3[nH]cc(C(=O)c4cc(O)ccc4F)c3c2)c1. The van der Waals surface area contributed by atoms with Crippen molar-refractivity contribution in [2.24, 2.45) is 0 Å². The number of aromatic nitrogens is 2. The van der Waals surface area contributed by atoms with E-state index in [4.69, 9.17) is 0 Å². The van der Waals surface area contributed by atoms with Gasteiger partial charge in [-0.25, -0.2) is 17.8 Å². The van der Waals surface area contributed by atoms with Crippen LogP contribution in [0.5, 0.6) is 5.75 Å². The quantitative estimate of drug-likeness (QED) is 0.500. The molecule has 0 atom stereocenters. The maximum Gasteiger partial charge on any atom is 0.198 e. The van der Waals surface area contributed by atoms with Gasteiger partial charge in [0.2, 0.25) is 0 Å². The number of nitrogens with zero attached hydrogens (tertiary/aromatic N) is 1. The Balaban J connectivity index is 1.84. The number of H-pyrrole nitrogens is 1. The number of phenols is 1. The molecular weight excluding hydrogens is 395 g/mol. The Hall–Kier alpha value is -3.52. The zero-order valence-electron chi connectivity index (χ0n) is 15.2. The first kappa shape index (κ1) is 18.8. The topological polar surface area (TPSA) is 100 Å². The minimum atomic E-state index is -3.38. The van der Waals surface area contributed by atoms with Gasteiger partial charge < -0.3 is 10.1 Å². The number of ketones is 1. The number of hydrogen-bond acceptors (Lipinski definition) is 5. The molecule has 2 aromatic heterocycles. The van der Waals surface area contributed by atoms with E-state index in [1.165, 1.54) is 18.3 Å². The number of fused-ring (bicyclic) bond motifs is 1. The number of aromatic amines is 1. The molecule has 2 N–H and O–H groups in total. The van der Waals surface area contributed by atoms with Crippen LogP contribution in [-0.2, 0) is 9.84 Å². The molecule has 4 rings (SSSR count). The Morgan fingerprint density at radius 2 is 1.86 bits per heavy atom. The molecule has 6 nitrogen and oxygen atoms in total. The molecule has 0 spiro atoms. The summed E-state index contributed by atoms with van der Waals surface area (Å²) in [6.45, 7) is 0. The zero-order chi connectivity index (χ0) is 20.8. The van der Waals surface area contributed by atoms with Crippen LogP contribution in [0.1, 0.15) is 15.9 Å². The second kappa shape index (κ2) is 6.82. The fourth-order valence-corrected chi connectivity index (χ4v) is 3.75. The molecule has 0 saturated carbocycles. The van der Waals surface area contributed by atoms with Crippen LogP contribution in [0, 0.1) is 5.82 Å². The fourth-order valence-electron chi connectivity index (χ4n) is 3.09. The predicted molar refractivity (Wildman–Crippen MR) is 106 cm³/mol. The summed E-state index contributed by atoms with van der Waals surface area (Å²) in [5.41, 5.74) is 1.59. The molecule has 0 aliphatic carbocycles. The van der Waals surface area contributed by atoms with Crippen LogP contribution in [-0.4, -0.2) is 35.5 Å². The van der Waals surface area contributed by atoms with Crippen molar-refractivity contribution in [1.82, 2.24) is 9.97 Å². The van der Waals surface area contributed by atoms with Gasteiger partial charge in [0, 0.05) is 35.2 Å². The van der Waals surface area contributed by atoms with Crippen molar-refractivity contribution in [1.29, 1.82) is 0 Å². The summed E-state index contributed by atoms with van der Waals surface area (Å²) in [6.07, 6.45) is 4.11. The number of aromatic hydroxyl groups is 1. The van der Waals surface area contributed by atoms with E-state index in [9.17, 15) is 22.7 Å². The van der Waals surface area contributed by atoms with Gasteiger partial charge in [0.05, 0.1) is 10.5 Å². The van der Waals surface area contributed by atoms with Gasteiger partial charge in [0.25, 0.3) is 0 Å². The Morgan fingerprint density at radius 3 is 2.62 bits per heavy atom. The minimum absolute atomic E-state index is 0.169. The summed E-state index contributed by atoms with van der Waals surface area (Å²) in [5, 5.41) is 10.1. The van der Waals surface area contributed by atoms with Gasteiger partial charge in [-0.2, -0.15) is 0 Å².